The molecule has 0 bridgehead atoms. The number of hydrogen-bond donors (Lipinski definition) is 1. The van der Waals surface area contributed by atoms with Crippen LogP contribution >= 0.6 is 23.7 Å². The van der Waals surface area contributed by atoms with Gasteiger partial charge in [-0.05, 0) is 19.2 Å². The molecule has 0 aromatic carbocycles. The van der Waals surface area contributed by atoms with Gasteiger partial charge >= 0.3 is 0 Å². The van der Waals surface area contributed by atoms with Gasteiger partial charge in [0.25, 0.3) is 0 Å². The summed E-state index contributed by atoms with van der Waals surface area (Å²) in [5, 5.41) is 6.37. The van der Waals surface area contributed by atoms with E-state index in [9.17, 15) is 0 Å². The van der Waals surface area contributed by atoms with Crippen LogP contribution in [0.1, 0.15) is 5.01 Å². The van der Waals surface area contributed by atoms with Crippen molar-refractivity contribution in [1.29, 1.82) is 0 Å². The molecule has 2 aromatic heterocycles. The van der Waals surface area contributed by atoms with E-state index in [-0.39, 0.29) is 12.4 Å². The lowest BCUT2D eigenvalue weighted by molar-refractivity contribution is 0.788. The highest BCUT2D eigenvalue weighted by atomic mass is 35.5. The molecule has 0 fully saturated rings. The largest absolute Gasteiger partial charge is 0.319 e. The zero-order valence-corrected chi connectivity index (χ0v) is 10.6. The van der Waals surface area contributed by atoms with E-state index in [1.807, 2.05) is 25.4 Å². The van der Waals surface area contributed by atoms with E-state index in [2.05, 4.69) is 20.7 Å². The minimum Gasteiger partial charge on any atom is -0.319 e. The molecular weight excluding hydrogens is 242 g/mol. The number of nitrogens with zero attached hydrogens (tertiary/aromatic N) is 2. The second kappa shape index (κ2) is 6.58. The van der Waals surface area contributed by atoms with Crippen LogP contribution in [-0.4, -0.2) is 23.6 Å². The van der Waals surface area contributed by atoms with E-state index in [0.717, 1.165) is 24.2 Å². The van der Waals surface area contributed by atoms with Gasteiger partial charge in [0.2, 0.25) is 0 Å². The molecule has 2 rings (SSSR count). The van der Waals surface area contributed by atoms with Crippen molar-refractivity contribution in [3.8, 4) is 11.3 Å². The van der Waals surface area contributed by atoms with Crippen molar-refractivity contribution in [2.24, 2.45) is 0 Å². The monoisotopic (exact) mass is 255 g/mol. The highest BCUT2D eigenvalue weighted by Crippen LogP contribution is 2.20. The summed E-state index contributed by atoms with van der Waals surface area (Å²) in [6.45, 7) is 0.972. The first-order valence-corrected chi connectivity index (χ1v) is 5.77. The van der Waals surface area contributed by atoms with E-state index in [4.69, 9.17) is 0 Å². The molecular formula is C11H14ClN3S. The maximum Gasteiger partial charge on any atom is 0.0945 e. The minimum absolute atomic E-state index is 0. The third-order valence-corrected chi connectivity index (χ3v) is 3.01. The van der Waals surface area contributed by atoms with E-state index in [0.29, 0.717) is 0 Å². The third-order valence-electron chi connectivity index (χ3n) is 2.10. The summed E-state index contributed by atoms with van der Waals surface area (Å²) in [4.78, 5) is 8.64. The average Bonchev–Trinajstić information content (AvgIpc) is 2.76. The van der Waals surface area contributed by atoms with Gasteiger partial charge in [0.15, 0.2) is 0 Å². The Kier molecular flexibility index (Phi) is 5.38. The van der Waals surface area contributed by atoms with E-state index >= 15 is 0 Å². The molecule has 86 valence electrons. The van der Waals surface area contributed by atoms with Crippen LogP contribution in [-0.2, 0) is 6.42 Å². The van der Waals surface area contributed by atoms with Crippen LogP contribution in [0.25, 0.3) is 11.3 Å². The first-order valence-electron chi connectivity index (χ1n) is 4.89. The quantitative estimate of drug-likeness (QED) is 0.912. The number of thiazole rings is 1. The number of pyridine rings is 1. The molecule has 2 aromatic rings. The molecule has 0 aliphatic carbocycles. The Morgan fingerprint density at radius 2 is 2.31 bits per heavy atom. The van der Waals surface area contributed by atoms with Gasteiger partial charge < -0.3 is 5.32 Å². The molecule has 2 heterocycles. The maximum absolute atomic E-state index is 4.56. The Morgan fingerprint density at radius 3 is 3.00 bits per heavy atom. The summed E-state index contributed by atoms with van der Waals surface area (Å²) < 4.78 is 0. The molecule has 0 saturated heterocycles. The number of aromatic nitrogens is 2. The Bertz CT molecular complexity index is 416. The number of likely N-dealkylation sites (N-methyl/N-ethyl adjacent to an activating group) is 1. The molecule has 1 N–H and O–H groups in total. The summed E-state index contributed by atoms with van der Waals surface area (Å²) in [6, 6.07) is 3.96. The fourth-order valence-electron chi connectivity index (χ4n) is 1.30. The van der Waals surface area contributed by atoms with Crippen LogP contribution in [0.15, 0.2) is 29.9 Å². The fourth-order valence-corrected chi connectivity index (χ4v) is 2.11. The molecule has 16 heavy (non-hydrogen) atoms. The smallest absolute Gasteiger partial charge is 0.0945 e. The summed E-state index contributed by atoms with van der Waals surface area (Å²) in [6.07, 6.45) is 4.61. The number of nitrogens with one attached hydrogen (secondary N) is 1. The van der Waals surface area contributed by atoms with Crippen molar-refractivity contribution < 1.29 is 0 Å². The zero-order valence-electron chi connectivity index (χ0n) is 9.01. The summed E-state index contributed by atoms with van der Waals surface area (Å²) >= 11 is 1.71. The lowest BCUT2D eigenvalue weighted by atomic mass is 10.2. The van der Waals surface area contributed by atoms with Crippen molar-refractivity contribution in [3.05, 3.63) is 34.9 Å². The molecule has 3 nitrogen and oxygen atoms in total. The van der Waals surface area contributed by atoms with Crippen LogP contribution in [0.5, 0.6) is 0 Å². The predicted octanol–water partition coefficient (Wildman–Crippen LogP) is 2.39. The molecule has 0 radical (unpaired) electrons. The number of halogens is 1. The van der Waals surface area contributed by atoms with Crippen LogP contribution in [0.4, 0.5) is 0 Å². The van der Waals surface area contributed by atoms with Crippen molar-refractivity contribution in [2.75, 3.05) is 13.6 Å². The zero-order chi connectivity index (χ0) is 10.5. The van der Waals surface area contributed by atoms with Gasteiger partial charge in [-0.1, -0.05) is 0 Å². The lowest BCUT2D eigenvalue weighted by Gasteiger charge is -1.95. The standard InChI is InChI=1S/C11H13N3S.ClH/c1-12-6-4-11-14-10(8-15-11)9-3-2-5-13-7-9;/h2-3,5,7-8,12H,4,6H2,1H3;1H. The summed E-state index contributed by atoms with van der Waals surface area (Å²) in [7, 11) is 1.95. The topological polar surface area (TPSA) is 37.8 Å². The second-order valence-electron chi connectivity index (χ2n) is 3.22. The molecule has 0 saturated carbocycles. The lowest BCUT2D eigenvalue weighted by Crippen LogP contribution is -2.09. The Hall–Kier alpha value is -0.970. The van der Waals surface area contributed by atoms with Crippen LogP contribution in [0.2, 0.25) is 0 Å². The molecule has 0 amide bonds. The van der Waals surface area contributed by atoms with Crippen LogP contribution in [0.3, 0.4) is 0 Å². The van der Waals surface area contributed by atoms with Crippen LogP contribution in [0, 0.1) is 0 Å². The predicted molar refractivity (Wildman–Crippen MR) is 70.2 cm³/mol. The Morgan fingerprint density at radius 1 is 1.44 bits per heavy atom. The molecule has 0 atom stereocenters. The fraction of sp³-hybridized carbons (Fsp3) is 0.273. The van der Waals surface area contributed by atoms with Crippen molar-refractivity contribution >= 4 is 23.7 Å². The normalized spacial score (nSPS) is 9.81. The van der Waals surface area contributed by atoms with Gasteiger partial charge in [0.1, 0.15) is 0 Å². The van der Waals surface area contributed by atoms with Gasteiger partial charge in [-0.25, -0.2) is 4.98 Å². The molecule has 0 unspecified atom stereocenters. The van der Waals surface area contributed by atoms with E-state index < -0.39 is 0 Å². The maximum atomic E-state index is 4.56. The summed E-state index contributed by atoms with van der Waals surface area (Å²) in [5.41, 5.74) is 2.11. The minimum atomic E-state index is 0. The first kappa shape index (κ1) is 13.1. The Labute approximate surface area is 105 Å². The molecule has 0 aliphatic rings. The molecule has 5 heteroatoms. The highest BCUT2D eigenvalue weighted by molar-refractivity contribution is 7.09. The van der Waals surface area contributed by atoms with E-state index in [1.54, 1.807) is 17.5 Å². The van der Waals surface area contributed by atoms with Gasteiger partial charge in [-0.2, -0.15) is 0 Å². The Balaban J connectivity index is 0.00000128. The van der Waals surface area contributed by atoms with Crippen molar-refractivity contribution in [2.45, 2.75) is 6.42 Å². The first-order chi connectivity index (χ1) is 7.40. The highest BCUT2D eigenvalue weighted by Gasteiger charge is 2.03. The van der Waals surface area contributed by atoms with Gasteiger partial charge in [-0.3, -0.25) is 4.98 Å². The number of rotatable bonds is 4. The third kappa shape index (κ3) is 3.27. The molecule has 0 aliphatic heterocycles. The van der Waals surface area contributed by atoms with Gasteiger partial charge in [-0.15, -0.1) is 23.7 Å². The average molecular weight is 256 g/mol. The number of hydrogen-bond acceptors (Lipinski definition) is 4. The molecule has 0 spiro atoms. The second-order valence-corrected chi connectivity index (χ2v) is 4.16. The van der Waals surface area contributed by atoms with Crippen LogP contribution < -0.4 is 5.32 Å². The van der Waals surface area contributed by atoms with Gasteiger partial charge in [0.05, 0.1) is 10.7 Å². The van der Waals surface area contributed by atoms with Gasteiger partial charge in [0, 0.05) is 36.3 Å². The van der Waals surface area contributed by atoms with E-state index in [1.165, 1.54) is 5.01 Å². The van der Waals surface area contributed by atoms with Crippen molar-refractivity contribution in [3.63, 3.8) is 0 Å². The summed E-state index contributed by atoms with van der Waals surface area (Å²) in [5.74, 6) is 0. The SMILES string of the molecule is CNCCc1nc(-c2cccnc2)cs1.Cl. The van der Waals surface area contributed by atoms with Crippen molar-refractivity contribution in [1.82, 2.24) is 15.3 Å².